The van der Waals surface area contributed by atoms with Crippen LogP contribution in [0.25, 0.3) is 0 Å². The molecule has 1 amide bonds. The van der Waals surface area contributed by atoms with Gasteiger partial charge in [-0.3, -0.25) is 4.79 Å². The van der Waals surface area contributed by atoms with Crippen molar-refractivity contribution in [2.24, 2.45) is 0 Å². The number of hydrogen-bond donors (Lipinski definition) is 2. The van der Waals surface area contributed by atoms with E-state index in [9.17, 15) is 14.4 Å². The van der Waals surface area contributed by atoms with Gasteiger partial charge in [-0.25, -0.2) is 9.59 Å². The zero-order chi connectivity index (χ0) is 19.3. The molecule has 140 valence electrons. The molecule has 0 aliphatic carbocycles. The van der Waals surface area contributed by atoms with Crippen LogP contribution in [0.1, 0.15) is 36.7 Å². The highest BCUT2D eigenvalue weighted by atomic mass is 16.5. The van der Waals surface area contributed by atoms with Crippen molar-refractivity contribution >= 4 is 17.8 Å². The lowest BCUT2D eigenvalue weighted by molar-refractivity contribution is -0.135. The summed E-state index contributed by atoms with van der Waals surface area (Å²) < 4.78 is 9.96. The van der Waals surface area contributed by atoms with E-state index in [-0.39, 0.29) is 24.2 Å². The number of benzene rings is 1. The minimum Gasteiger partial charge on any atom is -0.466 e. The smallest absolute Gasteiger partial charge is 0.338 e. The van der Waals surface area contributed by atoms with Crippen molar-refractivity contribution in [2.45, 2.75) is 32.3 Å². The Morgan fingerprint density at radius 1 is 1.12 bits per heavy atom. The fourth-order valence-corrected chi connectivity index (χ4v) is 2.38. The highest BCUT2D eigenvalue weighted by molar-refractivity contribution is 5.99. The molecular weight excluding hydrogens is 336 g/mol. The summed E-state index contributed by atoms with van der Waals surface area (Å²) in [5, 5.41) is 5.41. The van der Waals surface area contributed by atoms with E-state index in [0.717, 1.165) is 11.6 Å². The Hall–Kier alpha value is -2.83. The number of esters is 2. The van der Waals surface area contributed by atoms with Gasteiger partial charge in [-0.2, -0.15) is 0 Å². The summed E-state index contributed by atoms with van der Waals surface area (Å²) in [4.78, 5) is 35.5. The van der Waals surface area contributed by atoms with E-state index < -0.39 is 23.9 Å². The van der Waals surface area contributed by atoms with Crippen LogP contribution in [0.2, 0.25) is 0 Å². The zero-order valence-corrected chi connectivity index (χ0v) is 15.4. The van der Waals surface area contributed by atoms with Gasteiger partial charge >= 0.3 is 11.9 Å². The first-order valence-corrected chi connectivity index (χ1v) is 8.34. The van der Waals surface area contributed by atoms with Crippen LogP contribution in [0.3, 0.4) is 0 Å². The van der Waals surface area contributed by atoms with Gasteiger partial charge in [0.1, 0.15) is 11.8 Å². The van der Waals surface area contributed by atoms with Crippen LogP contribution < -0.4 is 10.6 Å². The van der Waals surface area contributed by atoms with E-state index >= 15 is 0 Å². The van der Waals surface area contributed by atoms with E-state index in [1.54, 1.807) is 12.1 Å². The van der Waals surface area contributed by atoms with Gasteiger partial charge in [0.05, 0.1) is 31.8 Å². The number of rotatable bonds is 3. The Morgan fingerprint density at radius 2 is 1.73 bits per heavy atom. The molecule has 0 saturated carbocycles. The molecule has 1 heterocycles. The highest BCUT2D eigenvalue weighted by Gasteiger charge is 2.24. The van der Waals surface area contributed by atoms with Gasteiger partial charge in [-0.15, -0.1) is 0 Å². The van der Waals surface area contributed by atoms with Crippen molar-refractivity contribution in [2.75, 3.05) is 20.2 Å². The molecule has 26 heavy (non-hydrogen) atoms. The summed E-state index contributed by atoms with van der Waals surface area (Å²) in [6.45, 7) is 6.64. The van der Waals surface area contributed by atoms with Gasteiger partial charge in [0.2, 0.25) is 0 Å². The number of hydrogen-bond acceptors (Lipinski definition) is 6. The second kappa shape index (κ2) is 8.03. The van der Waals surface area contributed by atoms with Crippen LogP contribution in [-0.2, 0) is 24.5 Å². The Balaban J connectivity index is 2.00. The molecule has 1 saturated heterocycles. The Bertz CT molecular complexity index is 716. The van der Waals surface area contributed by atoms with Crippen LogP contribution in [0.15, 0.2) is 36.0 Å². The molecule has 1 aromatic carbocycles. The molecule has 1 unspecified atom stereocenters. The van der Waals surface area contributed by atoms with Gasteiger partial charge in [0, 0.05) is 0 Å². The maximum Gasteiger partial charge on any atom is 0.338 e. The quantitative estimate of drug-likeness (QED) is 0.623. The number of methoxy groups -OCH3 is 1. The minimum atomic E-state index is -0.642. The summed E-state index contributed by atoms with van der Waals surface area (Å²) in [6.07, 6.45) is 0.502. The average Bonchev–Trinajstić information content (AvgIpc) is 2.77. The molecule has 0 aromatic heterocycles. The van der Waals surface area contributed by atoms with E-state index in [2.05, 4.69) is 36.1 Å². The topological polar surface area (TPSA) is 93.7 Å². The van der Waals surface area contributed by atoms with Crippen LogP contribution in [0.5, 0.6) is 0 Å². The van der Waals surface area contributed by atoms with Gasteiger partial charge in [0.15, 0.2) is 0 Å². The van der Waals surface area contributed by atoms with E-state index in [4.69, 9.17) is 4.74 Å². The first-order chi connectivity index (χ1) is 12.2. The number of carbonyl (C=O) groups is 3. The second-order valence-electron chi connectivity index (χ2n) is 7.03. The molecule has 0 bridgehead atoms. The van der Waals surface area contributed by atoms with E-state index in [1.807, 2.05) is 12.1 Å². The summed E-state index contributed by atoms with van der Waals surface area (Å²) in [7, 11) is 1.23. The summed E-state index contributed by atoms with van der Waals surface area (Å²) in [5.74, 6) is -1.56. The van der Waals surface area contributed by atoms with Gasteiger partial charge in [0.25, 0.3) is 5.91 Å². The molecule has 7 heteroatoms. The lowest BCUT2D eigenvalue weighted by atomic mass is 9.87. The monoisotopic (exact) mass is 360 g/mol. The Morgan fingerprint density at radius 3 is 2.31 bits per heavy atom. The molecule has 1 aliphatic rings. The van der Waals surface area contributed by atoms with Gasteiger partial charge < -0.3 is 20.1 Å². The van der Waals surface area contributed by atoms with Gasteiger partial charge in [-0.1, -0.05) is 32.9 Å². The third-order valence-corrected chi connectivity index (χ3v) is 3.98. The molecule has 2 rings (SSSR count). The number of ether oxygens (including phenoxy) is 2. The number of nitrogens with one attached hydrogen (secondary N) is 2. The average molecular weight is 360 g/mol. The first kappa shape index (κ1) is 19.5. The number of carbonyl (C=O) groups excluding carboxylic acids is 3. The minimum absolute atomic E-state index is 0.000295. The lowest BCUT2D eigenvalue weighted by Crippen LogP contribution is -2.34. The van der Waals surface area contributed by atoms with Crippen LogP contribution >= 0.6 is 0 Å². The van der Waals surface area contributed by atoms with Crippen molar-refractivity contribution in [3.63, 3.8) is 0 Å². The Kier molecular flexibility index (Phi) is 6.02. The molecule has 0 radical (unpaired) electrons. The molecule has 0 spiro atoms. The fraction of sp³-hybridized carbons (Fsp3) is 0.421. The third-order valence-electron chi connectivity index (χ3n) is 3.98. The van der Waals surface area contributed by atoms with Crippen molar-refractivity contribution in [3.05, 3.63) is 47.2 Å². The lowest BCUT2D eigenvalue weighted by Gasteiger charge is -2.19. The summed E-state index contributed by atoms with van der Waals surface area (Å²) >= 11 is 0. The van der Waals surface area contributed by atoms with Crippen molar-refractivity contribution in [1.82, 2.24) is 10.6 Å². The van der Waals surface area contributed by atoms with E-state index in [1.165, 1.54) is 7.11 Å². The molecule has 1 aliphatic heterocycles. The molecule has 1 atom stereocenters. The zero-order valence-electron chi connectivity index (χ0n) is 15.4. The predicted molar refractivity (Wildman–Crippen MR) is 95.5 cm³/mol. The normalized spacial score (nSPS) is 19.2. The molecular formula is C19H24N2O5. The second-order valence-corrected chi connectivity index (χ2v) is 7.03. The van der Waals surface area contributed by atoms with Crippen molar-refractivity contribution < 1.29 is 23.9 Å². The van der Waals surface area contributed by atoms with Gasteiger partial charge in [-0.05, 0) is 23.1 Å². The molecule has 7 nitrogen and oxygen atoms in total. The number of amides is 1. The summed E-state index contributed by atoms with van der Waals surface area (Å²) in [5.41, 5.74) is 1.64. The predicted octanol–water partition coefficient (Wildman–Crippen LogP) is 1.29. The molecule has 2 N–H and O–H groups in total. The SMILES string of the molecule is COC(=O)/C=C1\NCC(OC(=O)c2ccc(C(C)(C)C)cc2)CNC1=O. The van der Waals surface area contributed by atoms with Crippen molar-refractivity contribution in [1.29, 1.82) is 0 Å². The van der Waals surface area contributed by atoms with Crippen LogP contribution in [0.4, 0.5) is 0 Å². The fourth-order valence-electron chi connectivity index (χ4n) is 2.38. The third kappa shape index (κ3) is 5.08. The van der Waals surface area contributed by atoms with Crippen LogP contribution in [0, 0.1) is 0 Å². The van der Waals surface area contributed by atoms with Crippen LogP contribution in [-0.4, -0.2) is 44.1 Å². The standard InChI is InChI=1S/C19H24N2O5/c1-19(2,3)13-7-5-12(6-8-13)18(24)26-14-10-20-15(9-16(22)25-4)17(23)21-11-14/h5-9,14,20H,10-11H2,1-4H3,(H,21,23)/b15-9-. The Labute approximate surface area is 152 Å². The highest BCUT2D eigenvalue weighted by Crippen LogP contribution is 2.22. The van der Waals surface area contributed by atoms with E-state index in [0.29, 0.717) is 5.56 Å². The first-order valence-electron chi connectivity index (χ1n) is 8.34. The molecule has 1 aromatic rings. The van der Waals surface area contributed by atoms with Crippen molar-refractivity contribution in [3.8, 4) is 0 Å². The summed E-state index contributed by atoms with van der Waals surface area (Å²) in [6, 6.07) is 7.27. The maximum atomic E-state index is 12.3. The largest absolute Gasteiger partial charge is 0.466 e. The maximum absolute atomic E-state index is 12.3. The molecule has 1 fully saturated rings.